The number of hydrogen-bond acceptors (Lipinski definition) is 3. The van der Waals surface area contributed by atoms with E-state index in [1.807, 2.05) is 6.07 Å². The lowest BCUT2D eigenvalue weighted by atomic mass is 10.2. The second-order valence-corrected chi connectivity index (χ2v) is 3.01. The van der Waals surface area contributed by atoms with Crippen LogP contribution in [0, 0.1) is 0 Å². The summed E-state index contributed by atoms with van der Waals surface area (Å²) in [5, 5.41) is 0. The highest BCUT2D eigenvalue weighted by atomic mass is 16.5. The van der Waals surface area contributed by atoms with E-state index in [2.05, 4.69) is 6.58 Å². The van der Waals surface area contributed by atoms with Crippen LogP contribution in [0.1, 0.15) is 5.56 Å². The van der Waals surface area contributed by atoms with Crippen molar-refractivity contribution in [3.63, 3.8) is 0 Å². The first kappa shape index (κ1) is 12.0. The SMILES string of the molecule is C=CCOc1ccc(C=CC=O)cc1OC. The second-order valence-electron chi connectivity index (χ2n) is 3.01. The molecule has 0 atom stereocenters. The second kappa shape index (κ2) is 6.45. The topological polar surface area (TPSA) is 35.5 Å². The third kappa shape index (κ3) is 3.28. The molecule has 3 heteroatoms. The van der Waals surface area contributed by atoms with Gasteiger partial charge in [0, 0.05) is 0 Å². The molecule has 1 aromatic carbocycles. The molecule has 0 aliphatic heterocycles. The van der Waals surface area contributed by atoms with Crippen molar-refractivity contribution in [1.29, 1.82) is 0 Å². The lowest BCUT2D eigenvalue weighted by molar-refractivity contribution is -0.104. The lowest BCUT2D eigenvalue weighted by Gasteiger charge is -2.09. The van der Waals surface area contributed by atoms with Gasteiger partial charge in [0.2, 0.25) is 0 Å². The maximum absolute atomic E-state index is 10.2. The van der Waals surface area contributed by atoms with Gasteiger partial charge < -0.3 is 9.47 Å². The molecular weight excluding hydrogens is 204 g/mol. The van der Waals surface area contributed by atoms with Crippen LogP contribution < -0.4 is 9.47 Å². The van der Waals surface area contributed by atoms with Crippen molar-refractivity contribution in [2.75, 3.05) is 13.7 Å². The van der Waals surface area contributed by atoms with Crippen molar-refractivity contribution in [1.82, 2.24) is 0 Å². The quantitative estimate of drug-likeness (QED) is 0.418. The van der Waals surface area contributed by atoms with Gasteiger partial charge in [-0.05, 0) is 23.8 Å². The lowest BCUT2D eigenvalue weighted by Crippen LogP contribution is -1.96. The van der Waals surface area contributed by atoms with Crippen molar-refractivity contribution in [3.8, 4) is 11.5 Å². The van der Waals surface area contributed by atoms with E-state index >= 15 is 0 Å². The molecule has 0 fully saturated rings. The predicted octanol–water partition coefficient (Wildman–Crippen LogP) is 2.47. The van der Waals surface area contributed by atoms with E-state index in [4.69, 9.17) is 9.47 Å². The smallest absolute Gasteiger partial charge is 0.161 e. The highest BCUT2D eigenvalue weighted by molar-refractivity contribution is 5.74. The van der Waals surface area contributed by atoms with E-state index in [0.717, 1.165) is 11.8 Å². The minimum Gasteiger partial charge on any atom is -0.493 e. The summed E-state index contributed by atoms with van der Waals surface area (Å²) in [6, 6.07) is 5.45. The van der Waals surface area contributed by atoms with Crippen LogP contribution in [0.15, 0.2) is 36.9 Å². The van der Waals surface area contributed by atoms with Crippen molar-refractivity contribution < 1.29 is 14.3 Å². The maximum Gasteiger partial charge on any atom is 0.161 e. The van der Waals surface area contributed by atoms with Crippen LogP contribution in [0.25, 0.3) is 6.08 Å². The van der Waals surface area contributed by atoms with Gasteiger partial charge in [0.1, 0.15) is 12.9 Å². The Bertz CT molecular complexity index is 394. The van der Waals surface area contributed by atoms with Crippen LogP contribution in [0.4, 0.5) is 0 Å². The Morgan fingerprint density at radius 3 is 2.81 bits per heavy atom. The molecule has 1 rings (SSSR count). The van der Waals surface area contributed by atoms with Crippen LogP contribution in [0.2, 0.25) is 0 Å². The van der Waals surface area contributed by atoms with Crippen LogP contribution in [-0.2, 0) is 4.79 Å². The number of allylic oxidation sites excluding steroid dienone is 1. The first-order valence-corrected chi connectivity index (χ1v) is 4.85. The number of benzene rings is 1. The number of methoxy groups -OCH3 is 1. The average Bonchev–Trinajstić information content (AvgIpc) is 2.34. The van der Waals surface area contributed by atoms with Gasteiger partial charge in [0.15, 0.2) is 11.5 Å². The summed E-state index contributed by atoms with van der Waals surface area (Å²) >= 11 is 0. The van der Waals surface area contributed by atoms with Crippen molar-refractivity contribution in [2.45, 2.75) is 0 Å². The van der Waals surface area contributed by atoms with Crippen LogP contribution in [0.5, 0.6) is 11.5 Å². The van der Waals surface area contributed by atoms with E-state index < -0.39 is 0 Å². The molecule has 0 heterocycles. The highest BCUT2D eigenvalue weighted by Crippen LogP contribution is 2.28. The highest BCUT2D eigenvalue weighted by Gasteiger charge is 2.03. The summed E-state index contributed by atoms with van der Waals surface area (Å²) in [6.45, 7) is 4.00. The summed E-state index contributed by atoms with van der Waals surface area (Å²) < 4.78 is 10.6. The van der Waals surface area contributed by atoms with Crippen molar-refractivity contribution in [2.24, 2.45) is 0 Å². The van der Waals surface area contributed by atoms with Crippen molar-refractivity contribution in [3.05, 3.63) is 42.5 Å². The Morgan fingerprint density at radius 2 is 2.19 bits per heavy atom. The fraction of sp³-hybridized carbons (Fsp3) is 0.154. The third-order valence-corrected chi connectivity index (χ3v) is 1.91. The zero-order chi connectivity index (χ0) is 11.8. The van der Waals surface area contributed by atoms with Gasteiger partial charge in [0.05, 0.1) is 7.11 Å². The molecule has 84 valence electrons. The van der Waals surface area contributed by atoms with E-state index in [1.165, 1.54) is 6.08 Å². The molecule has 0 radical (unpaired) electrons. The molecule has 0 saturated heterocycles. The van der Waals surface area contributed by atoms with E-state index in [1.54, 1.807) is 31.4 Å². The molecule has 0 amide bonds. The Labute approximate surface area is 95.0 Å². The normalized spacial score (nSPS) is 10.1. The summed E-state index contributed by atoms with van der Waals surface area (Å²) in [6.07, 6.45) is 5.53. The molecule has 3 nitrogen and oxygen atoms in total. The summed E-state index contributed by atoms with van der Waals surface area (Å²) in [7, 11) is 1.57. The van der Waals surface area contributed by atoms with Crippen LogP contribution in [-0.4, -0.2) is 20.0 Å². The molecule has 0 aliphatic rings. The maximum atomic E-state index is 10.2. The van der Waals surface area contributed by atoms with Gasteiger partial charge in [-0.2, -0.15) is 0 Å². The van der Waals surface area contributed by atoms with Crippen molar-refractivity contribution >= 4 is 12.4 Å². The largest absolute Gasteiger partial charge is 0.493 e. The monoisotopic (exact) mass is 218 g/mol. The van der Waals surface area contributed by atoms with Gasteiger partial charge in [-0.15, -0.1) is 0 Å². The van der Waals surface area contributed by atoms with Gasteiger partial charge in [-0.3, -0.25) is 4.79 Å². The number of carbonyl (C=O) groups is 1. The number of aldehydes is 1. The van der Waals surface area contributed by atoms with E-state index in [-0.39, 0.29) is 0 Å². The third-order valence-electron chi connectivity index (χ3n) is 1.91. The van der Waals surface area contributed by atoms with Gasteiger partial charge in [-0.1, -0.05) is 24.8 Å². The Balaban J connectivity index is 2.91. The fourth-order valence-electron chi connectivity index (χ4n) is 1.21. The molecule has 0 unspecified atom stereocenters. The zero-order valence-corrected chi connectivity index (χ0v) is 9.18. The van der Waals surface area contributed by atoms with Gasteiger partial charge in [-0.25, -0.2) is 0 Å². The van der Waals surface area contributed by atoms with Gasteiger partial charge >= 0.3 is 0 Å². The van der Waals surface area contributed by atoms with Gasteiger partial charge in [0.25, 0.3) is 0 Å². The Kier molecular flexibility index (Phi) is 4.86. The Hall–Kier alpha value is -2.03. The molecule has 0 N–H and O–H groups in total. The first-order chi connectivity index (χ1) is 7.81. The number of carbonyl (C=O) groups excluding carboxylic acids is 1. The minimum absolute atomic E-state index is 0.430. The molecule has 0 spiro atoms. The molecule has 0 bridgehead atoms. The first-order valence-electron chi connectivity index (χ1n) is 4.85. The van der Waals surface area contributed by atoms with Crippen LogP contribution >= 0.6 is 0 Å². The fourth-order valence-corrected chi connectivity index (χ4v) is 1.21. The van der Waals surface area contributed by atoms with E-state index in [0.29, 0.717) is 18.1 Å². The molecule has 0 saturated carbocycles. The zero-order valence-electron chi connectivity index (χ0n) is 9.18. The number of ether oxygens (including phenoxy) is 2. The molecule has 0 aromatic heterocycles. The Morgan fingerprint density at radius 1 is 1.38 bits per heavy atom. The minimum atomic E-state index is 0.430. The van der Waals surface area contributed by atoms with Crippen LogP contribution in [0.3, 0.4) is 0 Å². The molecule has 16 heavy (non-hydrogen) atoms. The number of hydrogen-bond donors (Lipinski definition) is 0. The molecule has 0 aliphatic carbocycles. The number of rotatable bonds is 6. The van der Waals surface area contributed by atoms with E-state index in [9.17, 15) is 4.79 Å². The molecular formula is C13H14O3. The summed E-state index contributed by atoms with van der Waals surface area (Å²) in [5.74, 6) is 1.29. The standard InChI is InChI=1S/C13H14O3/c1-3-9-16-12-7-6-11(5-4-8-14)10-13(12)15-2/h3-8,10H,1,9H2,2H3. The molecule has 1 aromatic rings. The predicted molar refractivity (Wildman–Crippen MR) is 63.8 cm³/mol. The summed E-state index contributed by atoms with van der Waals surface area (Å²) in [4.78, 5) is 10.2. The average molecular weight is 218 g/mol. The summed E-state index contributed by atoms with van der Waals surface area (Å²) in [5.41, 5.74) is 0.884.